The van der Waals surface area contributed by atoms with E-state index in [0.717, 1.165) is 22.6 Å². The van der Waals surface area contributed by atoms with E-state index in [0.29, 0.717) is 11.6 Å². The lowest BCUT2D eigenvalue weighted by Crippen LogP contribution is -2.15. The van der Waals surface area contributed by atoms with Gasteiger partial charge in [0.1, 0.15) is 5.69 Å². The smallest absolute Gasteiger partial charge is 0.274 e. The number of carbonyl (C=O) groups excluding carboxylic acids is 1. The Hall–Kier alpha value is -3.21. The average molecular weight is 332 g/mol. The van der Waals surface area contributed by atoms with E-state index in [4.69, 9.17) is 0 Å². The summed E-state index contributed by atoms with van der Waals surface area (Å²) in [6.45, 7) is 5.85. The predicted molar refractivity (Wildman–Crippen MR) is 100 cm³/mol. The molecule has 1 heterocycles. The van der Waals surface area contributed by atoms with Crippen LogP contribution in [0.5, 0.6) is 0 Å². The second-order valence-corrected chi connectivity index (χ2v) is 6.03. The maximum absolute atomic E-state index is 12.5. The molecule has 5 heteroatoms. The van der Waals surface area contributed by atoms with Crippen LogP contribution in [0.2, 0.25) is 0 Å². The monoisotopic (exact) mass is 332 g/mol. The SMILES string of the molecule is Cc1ccc(Nc2nc(C)cc(C(=O)Nc3cccc(C)c3)n2)cc1. The molecule has 0 fully saturated rings. The van der Waals surface area contributed by atoms with Crippen molar-refractivity contribution in [3.63, 3.8) is 0 Å². The third-order valence-electron chi connectivity index (χ3n) is 3.67. The molecule has 0 saturated heterocycles. The summed E-state index contributed by atoms with van der Waals surface area (Å²) in [5.41, 5.74) is 4.92. The highest BCUT2D eigenvalue weighted by atomic mass is 16.1. The van der Waals surface area contributed by atoms with Crippen LogP contribution >= 0.6 is 0 Å². The van der Waals surface area contributed by atoms with E-state index in [9.17, 15) is 4.79 Å². The number of aromatic nitrogens is 2. The van der Waals surface area contributed by atoms with Gasteiger partial charge in [0.05, 0.1) is 0 Å². The van der Waals surface area contributed by atoms with Crippen LogP contribution < -0.4 is 10.6 Å². The van der Waals surface area contributed by atoms with E-state index >= 15 is 0 Å². The van der Waals surface area contributed by atoms with Crippen molar-refractivity contribution in [2.45, 2.75) is 20.8 Å². The molecule has 0 aliphatic rings. The number of hydrogen-bond donors (Lipinski definition) is 2. The molecule has 0 atom stereocenters. The fourth-order valence-corrected chi connectivity index (χ4v) is 2.42. The highest BCUT2D eigenvalue weighted by Crippen LogP contribution is 2.16. The topological polar surface area (TPSA) is 66.9 Å². The van der Waals surface area contributed by atoms with E-state index in [2.05, 4.69) is 20.6 Å². The van der Waals surface area contributed by atoms with Crippen molar-refractivity contribution < 1.29 is 4.79 Å². The number of amides is 1. The second kappa shape index (κ2) is 7.13. The molecule has 1 aromatic heterocycles. The summed E-state index contributed by atoms with van der Waals surface area (Å²) in [7, 11) is 0. The van der Waals surface area contributed by atoms with E-state index in [1.165, 1.54) is 5.56 Å². The van der Waals surface area contributed by atoms with Gasteiger partial charge in [-0.2, -0.15) is 0 Å². The van der Waals surface area contributed by atoms with Crippen molar-refractivity contribution in [3.05, 3.63) is 77.1 Å². The molecule has 5 nitrogen and oxygen atoms in total. The minimum absolute atomic E-state index is 0.261. The maximum atomic E-state index is 12.5. The molecule has 0 unspecified atom stereocenters. The third kappa shape index (κ3) is 4.41. The highest BCUT2D eigenvalue weighted by molar-refractivity contribution is 6.03. The Morgan fingerprint density at radius 1 is 0.840 bits per heavy atom. The first-order valence-electron chi connectivity index (χ1n) is 8.07. The molecule has 0 radical (unpaired) electrons. The lowest BCUT2D eigenvalue weighted by molar-refractivity contribution is 0.102. The van der Waals surface area contributed by atoms with Crippen molar-refractivity contribution in [2.75, 3.05) is 10.6 Å². The first-order chi connectivity index (χ1) is 12.0. The van der Waals surface area contributed by atoms with Crippen LogP contribution in [0, 0.1) is 20.8 Å². The van der Waals surface area contributed by atoms with Gasteiger partial charge in [0.25, 0.3) is 5.91 Å². The molecule has 2 N–H and O–H groups in total. The zero-order chi connectivity index (χ0) is 17.8. The normalized spacial score (nSPS) is 10.4. The van der Waals surface area contributed by atoms with Crippen LogP contribution in [0.3, 0.4) is 0 Å². The number of aryl methyl sites for hydroxylation is 3. The fraction of sp³-hybridized carbons (Fsp3) is 0.150. The molecule has 0 saturated carbocycles. The fourth-order valence-electron chi connectivity index (χ4n) is 2.42. The number of benzene rings is 2. The number of carbonyl (C=O) groups is 1. The van der Waals surface area contributed by atoms with Crippen LogP contribution in [0.25, 0.3) is 0 Å². The lowest BCUT2D eigenvalue weighted by atomic mass is 10.2. The minimum Gasteiger partial charge on any atom is -0.324 e. The van der Waals surface area contributed by atoms with Gasteiger partial charge in [0.15, 0.2) is 0 Å². The van der Waals surface area contributed by atoms with Gasteiger partial charge in [-0.1, -0.05) is 29.8 Å². The summed E-state index contributed by atoms with van der Waals surface area (Å²) in [5.74, 6) is 0.140. The van der Waals surface area contributed by atoms with Gasteiger partial charge in [-0.25, -0.2) is 9.97 Å². The number of rotatable bonds is 4. The summed E-state index contributed by atoms with van der Waals surface area (Å²) < 4.78 is 0. The molecule has 0 aliphatic heterocycles. The Morgan fingerprint density at radius 3 is 2.32 bits per heavy atom. The Labute approximate surface area is 147 Å². The molecule has 25 heavy (non-hydrogen) atoms. The van der Waals surface area contributed by atoms with Crippen LogP contribution in [0.15, 0.2) is 54.6 Å². The van der Waals surface area contributed by atoms with Crippen molar-refractivity contribution >= 4 is 23.2 Å². The predicted octanol–water partition coefficient (Wildman–Crippen LogP) is 4.40. The van der Waals surface area contributed by atoms with Crippen LogP contribution in [0.1, 0.15) is 27.3 Å². The van der Waals surface area contributed by atoms with Gasteiger partial charge in [-0.3, -0.25) is 4.79 Å². The van der Waals surface area contributed by atoms with Crippen molar-refractivity contribution in [1.82, 2.24) is 9.97 Å². The van der Waals surface area contributed by atoms with Crippen LogP contribution in [0.4, 0.5) is 17.3 Å². The van der Waals surface area contributed by atoms with Crippen molar-refractivity contribution in [1.29, 1.82) is 0 Å². The summed E-state index contributed by atoms with van der Waals surface area (Å²) in [6, 6.07) is 17.2. The van der Waals surface area contributed by atoms with Gasteiger partial charge in [0.2, 0.25) is 5.95 Å². The Kier molecular flexibility index (Phi) is 4.75. The molecule has 2 aromatic carbocycles. The molecule has 3 aromatic rings. The van der Waals surface area contributed by atoms with E-state index in [1.807, 2.05) is 69.3 Å². The maximum Gasteiger partial charge on any atom is 0.274 e. The van der Waals surface area contributed by atoms with Gasteiger partial charge in [0, 0.05) is 17.1 Å². The van der Waals surface area contributed by atoms with E-state index in [1.54, 1.807) is 6.07 Å². The average Bonchev–Trinajstić information content (AvgIpc) is 2.56. The molecule has 126 valence electrons. The van der Waals surface area contributed by atoms with Crippen molar-refractivity contribution in [3.8, 4) is 0 Å². The van der Waals surface area contributed by atoms with Gasteiger partial charge in [-0.15, -0.1) is 0 Å². The Bertz CT molecular complexity index is 904. The molecule has 3 rings (SSSR count). The Balaban J connectivity index is 1.80. The summed E-state index contributed by atoms with van der Waals surface area (Å²) >= 11 is 0. The molecule has 1 amide bonds. The number of nitrogens with zero attached hydrogens (tertiary/aromatic N) is 2. The molecule has 0 aliphatic carbocycles. The third-order valence-corrected chi connectivity index (χ3v) is 3.67. The Morgan fingerprint density at radius 2 is 1.60 bits per heavy atom. The molecular weight excluding hydrogens is 312 g/mol. The van der Waals surface area contributed by atoms with Gasteiger partial charge in [-0.05, 0) is 56.7 Å². The largest absolute Gasteiger partial charge is 0.324 e. The first-order valence-corrected chi connectivity index (χ1v) is 8.07. The van der Waals surface area contributed by atoms with Crippen LogP contribution in [-0.2, 0) is 0 Å². The summed E-state index contributed by atoms with van der Waals surface area (Å²) in [6.07, 6.45) is 0. The molecule has 0 bridgehead atoms. The number of hydrogen-bond acceptors (Lipinski definition) is 4. The minimum atomic E-state index is -0.261. The second-order valence-electron chi connectivity index (χ2n) is 6.03. The zero-order valence-corrected chi connectivity index (χ0v) is 14.5. The highest BCUT2D eigenvalue weighted by Gasteiger charge is 2.11. The van der Waals surface area contributed by atoms with Crippen LogP contribution in [-0.4, -0.2) is 15.9 Å². The number of anilines is 3. The van der Waals surface area contributed by atoms with E-state index in [-0.39, 0.29) is 5.91 Å². The number of nitrogens with one attached hydrogen (secondary N) is 2. The molecule has 0 spiro atoms. The van der Waals surface area contributed by atoms with Crippen molar-refractivity contribution in [2.24, 2.45) is 0 Å². The standard InChI is InChI=1S/C20H20N4O/c1-13-7-9-16(10-8-13)23-20-21-15(3)12-18(24-20)19(25)22-17-6-4-5-14(2)11-17/h4-12H,1-3H3,(H,22,25)(H,21,23,24). The quantitative estimate of drug-likeness (QED) is 0.743. The summed E-state index contributed by atoms with van der Waals surface area (Å²) in [4.78, 5) is 21.2. The van der Waals surface area contributed by atoms with Gasteiger partial charge >= 0.3 is 0 Å². The lowest BCUT2D eigenvalue weighted by Gasteiger charge is -2.09. The van der Waals surface area contributed by atoms with E-state index < -0.39 is 0 Å². The molecular formula is C20H20N4O. The first kappa shape index (κ1) is 16.6. The summed E-state index contributed by atoms with van der Waals surface area (Å²) in [5, 5.41) is 6.01. The zero-order valence-electron chi connectivity index (χ0n) is 14.5. The van der Waals surface area contributed by atoms with Gasteiger partial charge < -0.3 is 10.6 Å².